The number of benzene rings is 1. The second kappa shape index (κ2) is 10.3. The molecule has 0 spiro atoms. The molecule has 0 radical (unpaired) electrons. The Hall–Kier alpha value is -1.10. The lowest BCUT2D eigenvalue weighted by atomic mass is 9.83. The van der Waals surface area contributed by atoms with Crippen molar-refractivity contribution in [3.05, 3.63) is 29.3 Å². The average molecular weight is 361 g/mol. The first-order valence-corrected chi connectivity index (χ1v) is 10.6. The monoisotopic (exact) mass is 360 g/mol. The number of likely N-dealkylation sites (tertiary alicyclic amines) is 1. The first-order valence-electron chi connectivity index (χ1n) is 10.6. The minimum absolute atomic E-state index is 0.234. The number of ether oxygens (including phenoxy) is 1. The van der Waals surface area contributed by atoms with Crippen molar-refractivity contribution in [2.45, 2.75) is 45.4 Å². The van der Waals surface area contributed by atoms with Crippen molar-refractivity contribution in [3.63, 3.8) is 0 Å². The van der Waals surface area contributed by atoms with Crippen LogP contribution in [-0.4, -0.2) is 67.4 Å². The Bertz CT molecular complexity index is 543. The van der Waals surface area contributed by atoms with E-state index >= 15 is 0 Å². The summed E-state index contributed by atoms with van der Waals surface area (Å²) in [7, 11) is 0. The van der Waals surface area contributed by atoms with Crippen LogP contribution in [-0.2, 0) is 12.8 Å². The Morgan fingerprint density at radius 1 is 1.19 bits per heavy atom. The third kappa shape index (κ3) is 5.70. The number of nitrogens with zero attached hydrogens (tertiary/aromatic N) is 2. The molecule has 1 saturated heterocycles. The number of likely N-dealkylation sites (N-methyl/N-ethyl adjacent to an activating group) is 1. The Morgan fingerprint density at radius 3 is 2.81 bits per heavy atom. The van der Waals surface area contributed by atoms with Crippen molar-refractivity contribution in [2.75, 3.05) is 52.5 Å². The summed E-state index contributed by atoms with van der Waals surface area (Å²) in [5.41, 5.74) is 3.03. The smallest absolute Gasteiger partial charge is 0.119 e. The van der Waals surface area contributed by atoms with E-state index in [2.05, 4.69) is 34.9 Å². The average Bonchev–Trinajstić information content (AvgIpc) is 3.17. The van der Waals surface area contributed by atoms with E-state index in [1.54, 1.807) is 0 Å². The summed E-state index contributed by atoms with van der Waals surface area (Å²) in [6.07, 6.45) is 7.53. The maximum atomic E-state index is 9.04. The molecule has 1 N–H and O–H groups in total. The molecule has 0 bridgehead atoms. The van der Waals surface area contributed by atoms with Gasteiger partial charge in [-0.05, 0) is 87.3 Å². The molecule has 4 nitrogen and oxygen atoms in total. The zero-order valence-corrected chi connectivity index (χ0v) is 16.5. The van der Waals surface area contributed by atoms with E-state index in [-0.39, 0.29) is 6.61 Å². The van der Waals surface area contributed by atoms with Crippen molar-refractivity contribution in [1.29, 1.82) is 0 Å². The first kappa shape index (κ1) is 19.7. The standard InChI is InChI=1S/C22H36N2O2/c1-2-23(13-14-25)12-5-15-26-22-9-8-20-16-19(6-7-21(20)17-22)18-24-10-3-4-11-24/h8-9,17,19,25H,2-7,10-16,18H2,1H3. The minimum atomic E-state index is 0.234. The van der Waals surface area contributed by atoms with Crippen LogP contribution in [0.2, 0.25) is 0 Å². The molecular weight excluding hydrogens is 324 g/mol. The second-order valence-electron chi connectivity index (χ2n) is 7.91. The highest BCUT2D eigenvalue weighted by molar-refractivity contribution is 5.37. The van der Waals surface area contributed by atoms with E-state index in [4.69, 9.17) is 9.84 Å². The quantitative estimate of drug-likeness (QED) is 0.651. The first-order chi connectivity index (χ1) is 12.8. The number of rotatable bonds is 10. The fourth-order valence-electron chi connectivity index (χ4n) is 4.43. The van der Waals surface area contributed by atoms with Gasteiger partial charge >= 0.3 is 0 Å². The molecule has 2 aliphatic rings. The molecule has 0 aromatic heterocycles. The molecule has 0 amide bonds. The summed E-state index contributed by atoms with van der Waals surface area (Å²) < 4.78 is 5.98. The number of aryl methyl sites for hydroxylation is 1. The van der Waals surface area contributed by atoms with Crippen LogP contribution in [0.5, 0.6) is 5.75 Å². The number of fused-ring (bicyclic) bond motifs is 1. The maximum Gasteiger partial charge on any atom is 0.119 e. The molecule has 1 aromatic rings. The highest BCUT2D eigenvalue weighted by Gasteiger charge is 2.22. The molecule has 1 aliphatic carbocycles. The van der Waals surface area contributed by atoms with Crippen molar-refractivity contribution >= 4 is 0 Å². The van der Waals surface area contributed by atoms with Gasteiger partial charge in [0.15, 0.2) is 0 Å². The van der Waals surface area contributed by atoms with E-state index in [1.807, 2.05) is 0 Å². The zero-order valence-electron chi connectivity index (χ0n) is 16.5. The van der Waals surface area contributed by atoms with Crippen molar-refractivity contribution in [1.82, 2.24) is 9.80 Å². The fourth-order valence-corrected chi connectivity index (χ4v) is 4.43. The molecule has 3 rings (SSSR count). The van der Waals surface area contributed by atoms with Gasteiger partial charge in [0.05, 0.1) is 13.2 Å². The predicted molar refractivity (Wildman–Crippen MR) is 107 cm³/mol. The second-order valence-corrected chi connectivity index (χ2v) is 7.91. The molecule has 26 heavy (non-hydrogen) atoms. The SMILES string of the molecule is CCN(CCO)CCCOc1ccc2c(c1)CCC(CN1CCCC1)C2. The zero-order chi connectivity index (χ0) is 18.2. The van der Waals surface area contributed by atoms with Gasteiger partial charge in [0.25, 0.3) is 0 Å². The van der Waals surface area contributed by atoms with Crippen LogP contribution >= 0.6 is 0 Å². The maximum absolute atomic E-state index is 9.04. The Balaban J connectivity index is 1.43. The van der Waals surface area contributed by atoms with Gasteiger partial charge in [-0.25, -0.2) is 0 Å². The third-order valence-electron chi connectivity index (χ3n) is 5.97. The minimum Gasteiger partial charge on any atom is -0.494 e. The third-order valence-corrected chi connectivity index (χ3v) is 5.97. The van der Waals surface area contributed by atoms with Gasteiger partial charge in [0, 0.05) is 19.6 Å². The van der Waals surface area contributed by atoms with Gasteiger partial charge in [0.2, 0.25) is 0 Å². The molecule has 1 aliphatic heterocycles. The summed E-state index contributed by atoms with van der Waals surface area (Å²) in [6.45, 7) is 9.76. The topological polar surface area (TPSA) is 35.9 Å². The Morgan fingerprint density at radius 2 is 2.04 bits per heavy atom. The number of hydrogen-bond acceptors (Lipinski definition) is 4. The number of hydrogen-bond donors (Lipinski definition) is 1. The summed E-state index contributed by atoms with van der Waals surface area (Å²) in [5, 5.41) is 9.04. The summed E-state index contributed by atoms with van der Waals surface area (Å²) in [4.78, 5) is 4.92. The lowest BCUT2D eigenvalue weighted by Gasteiger charge is -2.28. The van der Waals surface area contributed by atoms with Crippen LogP contribution in [0.15, 0.2) is 18.2 Å². The molecule has 1 atom stereocenters. The van der Waals surface area contributed by atoms with Crippen LogP contribution in [0.4, 0.5) is 0 Å². The van der Waals surface area contributed by atoms with Gasteiger partial charge in [0.1, 0.15) is 5.75 Å². The largest absolute Gasteiger partial charge is 0.494 e. The molecule has 4 heteroatoms. The van der Waals surface area contributed by atoms with Crippen LogP contribution < -0.4 is 4.74 Å². The highest BCUT2D eigenvalue weighted by Crippen LogP contribution is 2.29. The van der Waals surface area contributed by atoms with Crippen molar-refractivity contribution in [2.24, 2.45) is 5.92 Å². The predicted octanol–water partition coefficient (Wildman–Crippen LogP) is 2.97. The summed E-state index contributed by atoms with van der Waals surface area (Å²) >= 11 is 0. The fraction of sp³-hybridized carbons (Fsp3) is 0.727. The van der Waals surface area contributed by atoms with E-state index < -0.39 is 0 Å². The van der Waals surface area contributed by atoms with E-state index in [0.29, 0.717) is 0 Å². The molecular formula is C22H36N2O2. The summed E-state index contributed by atoms with van der Waals surface area (Å²) in [6, 6.07) is 6.72. The molecule has 1 fully saturated rings. The highest BCUT2D eigenvalue weighted by atomic mass is 16.5. The van der Waals surface area contributed by atoms with Crippen LogP contribution in [0.1, 0.15) is 43.7 Å². The number of aliphatic hydroxyl groups excluding tert-OH is 1. The van der Waals surface area contributed by atoms with E-state index in [0.717, 1.165) is 44.3 Å². The molecule has 1 aromatic carbocycles. The van der Waals surface area contributed by atoms with Gasteiger partial charge in [-0.1, -0.05) is 13.0 Å². The van der Waals surface area contributed by atoms with Crippen LogP contribution in [0, 0.1) is 5.92 Å². The molecule has 1 unspecified atom stereocenters. The van der Waals surface area contributed by atoms with Gasteiger partial charge in [-0.3, -0.25) is 0 Å². The van der Waals surface area contributed by atoms with E-state index in [9.17, 15) is 0 Å². The Labute approximate surface area is 159 Å². The molecule has 1 heterocycles. The van der Waals surface area contributed by atoms with Crippen LogP contribution in [0.25, 0.3) is 0 Å². The van der Waals surface area contributed by atoms with Gasteiger partial charge in [-0.2, -0.15) is 0 Å². The van der Waals surface area contributed by atoms with E-state index in [1.165, 1.54) is 62.9 Å². The van der Waals surface area contributed by atoms with Crippen molar-refractivity contribution in [3.8, 4) is 5.75 Å². The normalized spacial score (nSPS) is 20.5. The summed E-state index contributed by atoms with van der Waals surface area (Å²) in [5.74, 6) is 1.85. The lowest BCUT2D eigenvalue weighted by molar-refractivity contribution is 0.189. The van der Waals surface area contributed by atoms with Crippen LogP contribution in [0.3, 0.4) is 0 Å². The van der Waals surface area contributed by atoms with Gasteiger partial charge < -0.3 is 19.6 Å². The Kier molecular flexibility index (Phi) is 7.78. The van der Waals surface area contributed by atoms with Gasteiger partial charge in [-0.15, -0.1) is 0 Å². The molecule has 0 saturated carbocycles. The molecule has 146 valence electrons. The number of aliphatic hydroxyl groups is 1. The van der Waals surface area contributed by atoms with Crippen molar-refractivity contribution < 1.29 is 9.84 Å². The lowest BCUT2D eigenvalue weighted by Crippen LogP contribution is -2.30.